The molecule has 1 aromatic heterocycles. The molecule has 1 aliphatic heterocycles. The molecule has 1 fully saturated rings. The molecule has 2 heterocycles. The molecule has 0 radical (unpaired) electrons. The van der Waals surface area contributed by atoms with Crippen LogP contribution >= 0.6 is 0 Å². The van der Waals surface area contributed by atoms with Crippen LogP contribution in [0.5, 0.6) is 5.75 Å². The normalized spacial score (nSPS) is 17.7. The SMILES string of the molecule is Cc1ccc(OC[C@@H]2CCCN(C(=O)CCn3cncn3)C2)cc1. The zero-order valence-corrected chi connectivity index (χ0v) is 14.1. The van der Waals surface area contributed by atoms with Gasteiger partial charge in [-0.2, -0.15) is 5.10 Å². The molecule has 1 aliphatic rings. The van der Waals surface area contributed by atoms with Gasteiger partial charge in [-0.15, -0.1) is 0 Å². The average Bonchev–Trinajstić information content (AvgIpc) is 3.13. The smallest absolute Gasteiger partial charge is 0.224 e. The van der Waals surface area contributed by atoms with E-state index < -0.39 is 0 Å². The minimum atomic E-state index is 0.186. The minimum absolute atomic E-state index is 0.186. The highest BCUT2D eigenvalue weighted by molar-refractivity contribution is 5.76. The van der Waals surface area contributed by atoms with Crippen molar-refractivity contribution in [1.82, 2.24) is 19.7 Å². The first kappa shape index (κ1) is 16.5. The maximum atomic E-state index is 12.4. The van der Waals surface area contributed by atoms with Crippen molar-refractivity contribution in [1.29, 1.82) is 0 Å². The summed E-state index contributed by atoms with van der Waals surface area (Å²) in [6.45, 7) is 4.93. The van der Waals surface area contributed by atoms with Crippen LogP contribution in [0.25, 0.3) is 0 Å². The Kier molecular flexibility index (Phi) is 5.46. The van der Waals surface area contributed by atoms with Crippen molar-refractivity contribution in [3.8, 4) is 5.75 Å². The number of carbonyl (C=O) groups is 1. The molecule has 0 aliphatic carbocycles. The Balaban J connectivity index is 1.45. The molecule has 0 bridgehead atoms. The summed E-state index contributed by atoms with van der Waals surface area (Å²) in [6, 6.07) is 8.10. The number of hydrogen-bond acceptors (Lipinski definition) is 4. The van der Waals surface area contributed by atoms with Gasteiger partial charge in [0.2, 0.25) is 5.91 Å². The van der Waals surface area contributed by atoms with Crippen molar-refractivity contribution < 1.29 is 9.53 Å². The molecule has 0 N–H and O–H groups in total. The lowest BCUT2D eigenvalue weighted by Gasteiger charge is -2.32. The minimum Gasteiger partial charge on any atom is -0.493 e. The van der Waals surface area contributed by atoms with Crippen LogP contribution in [0, 0.1) is 12.8 Å². The summed E-state index contributed by atoms with van der Waals surface area (Å²) in [6.07, 6.45) is 5.75. The number of aromatic nitrogens is 3. The highest BCUT2D eigenvalue weighted by atomic mass is 16.5. The average molecular weight is 328 g/mol. The molecule has 24 heavy (non-hydrogen) atoms. The van der Waals surface area contributed by atoms with Gasteiger partial charge in [0.25, 0.3) is 0 Å². The molecule has 1 atom stereocenters. The summed E-state index contributed by atoms with van der Waals surface area (Å²) in [7, 11) is 0. The number of nitrogens with zero attached hydrogens (tertiary/aromatic N) is 4. The van der Waals surface area contributed by atoms with Gasteiger partial charge in [-0.3, -0.25) is 9.48 Å². The fourth-order valence-electron chi connectivity index (χ4n) is 2.99. The number of likely N-dealkylation sites (tertiary alicyclic amines) is 1. The number of rotatable bonds is 6. The second-order valence-electron chi connectivity index (χ2n) is 6.38. The molecular weight excluding hydrogens is 304 g/mol. The predicted octanol–water partition coefficient (Wildman–Crippen LogP) is 2.29. The Morgan fingerprint density at radius 1 is 1.33 bits per heavy atom. The Morgan fingerprint density at radius 3 is 2.92 bits per heavy atom. The lowest BCUT2D eigenvalue weighted by Crippen LogP contribution is -2.41. The number of benzene rings is 1. The van der Waals surface area contributed by atoms with E-state index in [0.29, 0.717) is 25.5 Å². The van der Waals surface area contributed by atoms with E-state index in [0.717, 1.165) is 31.7 Å². The largest absolute Gasteiger partial charge is 0.493 e. The van der Waals surface area contributed by atoms with Crippen LogP contribution in [0.3, 0.4) is 0 Å². The Bertz CT molecular complexity index is 640. The van der Waals surface area contributed by atoms with Gasteiger partial charge in [0.1, 0.15) is 18.4 Å². The van der Waals surface area contributed by atoms with Crippen molar-refractivity contribution in [3.05, 3.63) is 42.5 Å². The highest BCUT2D eigenvalue weighted by Crippen LogP contribution is 2.20. The van der Waals surface area contributed by atoms with Crippen LogP contribution in [-0.2, 0) is 11.3 Å². The van der Waals surface area contributed by atoms with Crippen molar-refractivity contribution in [2.75, 3.05) is 19.7 Å². The first-order valence-corrected chi connectivity index (χ1v) is 8.50. The van der Waals surface area contributed by atoms with Crippen molar-refractivity contribution in [3.63, 3.8) is 0 Å². The van der Waals surface area contributed by atoms with E-state index in [-0.39, 0.29) is 5.91 Å². The van der Waals surface area contributed by atoms with Crippen LogP contribution in [0.15, 0.2) is 36.9 Å². The zero-order chi connectivity index (χ0) is 16.8. The Morgan fingerprint density at radius 2 is 2.17 bits per heavy atom. The third-order valence-corrected chi connectivity index (χ3v) is 4.40. The third kappa shape index (κ3) is 4.57. The number of ether oxygens (including phenoxy) is 1. The van der Waals surface area contributed by atoms with Crippen LogP contribution < -0.4 is 4.74 Å². The van der Waals surface area contributed by atoms with Gasteiger partial charge in [-0.1, -0.05) is 17.7 Å². The molecule has 1 saturated heterocycles. The summed E-state index contributed by atoms with van der Waals surface area (Å²) in [4.78, 5) is 18.2. The highest BCUT2D eigenvalue weighted by Gasteiger charge is 2.24. The molecule has 1 amide bonds. The molecule has 0 spiro atoms. The quantitative estimate of drug-likeness (QED) is 0.816. The summed E-state index contributed by atoms with van der Waals surface area (Å²) in [5, 5.41) is 4.03. The molecule has 6 heteroatoms. The lowest BCUT2D eigenvalue weighted by molar-refractivity contribution is -0.133. The maximum Gasteiger partial charge on any atom is 0.224 e. The van der Waals surface area contributed by atoms with Crippen LogP contribution in [0.1, 0.15) is 24.8 Å². The van der Waals surface area contributed by atoms with E-state index >= 15 is 0 Å². The lowest BCUT2D eigenvalue weighted by atomic mass is 9.98. The number of amides is 1. The van der Waals surface area contributed by atoms with Gasteiger partial charge in [0, 0.05) is 25.4 Å². The topological polar surface area (TPSA) is 60.2 Å². The summed E-state index contributed by atoms with van der Waals surface area (Å²) >= 11 is 0. The van der Waals surface area contributed by atoms with Crippen molar-refractivity contribution in [2.24, 2.45) is 5.92 Å². The molecule has 0 saturated carbocycles. The fraction of sp³-hybridized carbons (Fsp3) is 0.500. The molecule has 0 unspecified atom stereocenters. The standard InChI is InChI=1S/C18H24N4O2/c1-15-4-6-17(7-5-15)24-12-16-3-2-9-21(11-16)18(23)8-10-22-14-19-13-20-22/h4-7,13-14,16H,2-3,8-12H2,1H3/t16-/m1/s1. The monoisotopic (exact) mass is 328 g/mol. The first-order chi connectivity index (χ1) is 11.7. The summed E-state index contributed by atoms with van der Waals surface area (Å²) in [5.74, 6) is 1.48. The molecular formula is C18H24N4O2. The first-order valence-electron chi connectivity index (χ1n) is 8.50. The Hall–Kier alpha value is -2.37. The van der Waals surface area contributed by atoms with E-state index in [4.69, 9.17) is 4.74 Å². The molecule has 3 rings (SSSR count). The van der Waals surface area contributed by atoms with E-state index in [9.17, 15) is 4.79 Å². The van der Waals surface area contributed by atoms with Gasteiger partial charge >= 0.3 is 0 Å². The Labute approximate surface area is 142 Å². The van der Waals surface area contributed by atoms with Crippen molar-refractivity contribution >= 4 is 5.91 Å². The van der Waals surface area contributed by atoms with Gasteiger partial charge in [0.05, 0.1) is 13.2 Å². The number of hydrogen-bond donors (Lipinski definition) is 0. The van der Waals surface area contributed by atoms with Gasteiger partial charge < -0.3 is 9.64 Å². The number of piperidine rings is 1. The van der Waals surface area contributed by atoms with E-state index in [1.165, 1.54) is 11.9 Å². The maximum absolute atomic E-state index is 12.4. The van der Waals surface area contributed by atoms with E-state index in [1.54, 1.807) is 11.0 Å². The third-order valence-electron chi connectivity index (χ3n) is 4.40. The van der Waals surface area contributed by atoms with Gasteiger partial charge in [-0.25, -0.2) is 4.98 Å². The zero-order valence-electron chi connectivity index (χ0n) is 14.1. The predicted molar refractivity (Wildman–Crippen MR) is 90.6 cm³/mol. The van der Waals surface area contributed by atoms with E-state index in [1.807, 2.05) is 17.0 Å². The molecule has 128 valence electrons. The van der Waals surface area contributed by atoms with Crippen LogP contribution in [-0.4, -0.2) is 45.3 Å². The van der Waals surface area contributed by atoms with Gasteiger partial charge in [0.15, 0.2) is 0 Å². The summed E-state index contributed by atoms with van der Waals surface area (Å²) in [5.41, 5.74) is 1.23. The fourth-order valence-corrected chi connectivity index (χ4v) is 2.99. The van der Waals surface area contributed by atoms with Crippen LogP contribution in [0.4, 0.5) is 0 Å². The number of carbonyl (C=O) groups excluding carboxylic acids is 1. The summed E-state index contributed by atoms with van der Waals surface area (Å²) < 4.78 is 7.58. The molecule has 2 aromatic rings. The second kappa shape index (κ2) is 7.95. The van der Waals surface area contributed by atoms with Gasteiger partial charge in [-0.05, 0) is 31.9 Å². The molecule has 6 nitrogen and oxygen atoms in total. The number of aryl methyl sites for hydroxylation is 2. The van der Waals surface area contributed by atoms with E-state index in [2.05, 4.69) is 29.1 Å². The second-order valence-corrected chi connectivity index (χ2v) is 6.38. The van der Waals surface area contributed by atoms with Crippen molar-refractivity contribution in [2.45, 2.75) is 32.7 Å². The molecule has 1 aromatic carbocycles. The van der Waals surface area contributed by atoms with Crippen LogP contribution in [0.2, 0.25) is 0 Å².